The summed E-state index contributed by atoms with van der Waals surface area (Å²) in [5.41, 5.74) is 1.70. The fourth-order valence-corrected chi connectivity index (χ4v) is 4.01. The van der Waals surface area contributed by atoms with Crippen molar-refractivity contribution in [1.82, 2.24) is 20.1 Å². The minimum absolute atomic E-state index is 0.209. The van der Waals surface area contributed by atoms with Crippen LogP contribution < -0.4 is 10.1 Å². The molecule has 2 aromatic carbocycles. The van der Waals surface area contributed by atoms with Crippen molar-refractivity contribution in [2.24, 2.45) is 0 Å². The molecule has 0 aliphatic carbocycles. The Balaban J connectivity index is 1.73. The fraction of sp³-hybridized carbons (Fsp3) is 0.333. The third-order valence-corrected chi connectivity index (χ3v) is 5.98. The number of rotatable bonds is 11. The summed E-state index contributed by atoms with van der Waals surface area (Å²) in [6.45, 7) is 4.71. The number of thioether (sulfide) groups is 1. The van der Waals surface area contributed by atoms with Crippen LogP contribution in [-0.2, 0) is 29.0 Å². The Bertz CT molecular complexity index is 1050. The van der Waals surface area contributed by atoms with Gasteiger partial charge < -0.3 is 19.4 Å². The number of hydrogen-bond donors (Lipinski definition) is 1. The number of methoxy groups -OCH3 is 1. The van der Waals surface area contributed by atoms with Crippen LogP contribution in [-0.4, -0.2) is 45.6 Å². The van der Waals surface area contributed by atoms with E-state index in [2.05, 4.69) is 27.6 Å². The van der Waals surface area contributed by atoms with Gasteiger partial charge in [-0.25, -0.2) is 0 Å². The Morgan fingerprint density at radius 1 is 1.09 bits per heavy atom. The van der Waals surface area contributed by atoms with Crippen molar-refractivity contribution in [3.63, 3.8) is 0 Å². The summed E-state index contributed by atoms with van der Waals surface area (Å²) in [4.78, 5) is 24.7. The van der Waals surface area contributed by atoms with Crippen LogP contribution in [0.15, 0.2) is 59.8 Å². The lowest BCUT2D eigenvalue weighted by molar-refractivity contribution is -0.142. The molecular weight excluding hydrogens is 440 g/mol. The van der Waals surface area contributed by atoms with Crippen molar-refractivity contribution >= 4 is 23.6 Å². The summed E-state index contributed by atoms with van der Waals surface area (Å²) in [7, 11) is 1.58. The molecule has 1 aromatic heterocycles. The Morgan fingerprint density at radius 2 is 1.82 bits per heavy atom. The van der Waals surface area contributed by atoms with E-state index in [0.717, 1.165) is 6.42 Å². The van der Waals surface area contributed by atoms with Gasteiger partial charge in [-0.3, -0.25) is 9.59 Å². The van der Waals surface area contributed by atoms with Crippen LogP contribution in [0.4, 0.5) is 0 Å². The maximum absolute atomic E-state index is 12.6. The van der Waals surface area contributed by atoms with Crippen LogP contribution in [0.25, 0.3) is 0 Å². The third kappa shape index (κ3) is 6.82. The number of benzene rings is 2. The van der Waals surface area contributed by atoms with E-state index < -0.39 is 5.25 Å². The smallest absolute Gasteiger partial charge is 0.319 e. The molecule has 0 radical (unpaired) electrons. The van der Waals surface area contributed by atoms with Crippen LogP contribution in [0.1, 0.15) is 35.6 Å². The van der Waals surface area contributed by atoms with Crippen molar-refractivity contribution in [1.29, 1.82) is 0 Å². The summed E-state index contributed by atoms with van der Waals surface area (Å²) in [5, 5.41) is 11.7. The molecule has 33 heavy (non-hydrogen) atoms. The number of amides is 1. The van der Waals surface area contributed by atoms with Crippen molar-refractivity contribution in [2.45, 2.75) is 43.8 Å². The number of nitrogens with one attached hydrogen (secondary N) is 1. The largest absolute Gasteiger partial charge is 0.497 e. The molecule has 1 amide bonds. The highest BCUT2D eigenvalue weighted by molar-refractivity contribution is 8.00. The molecule has 174 valence electrons. The van der Waals surface area contributed by atoms with Crippen molar-refractivity contribution in [3.05, 3.63) is 71.5 Å². The standard InChI is InChI=1S/C24H28N4O4S/c1-4-32-23(30)17(2)33-24-27-26-21(28(24)15-14-18-8-6-5-7-9-18)16-25-22(29)19-10-12-20(31-3)13-11-19/h5-13,17H,4,14-16H2,1-3H3,(H,25,29). The third-order valence-electron chi connectivity index (χ3n) is 4.92. The quantitative estimate of drug-likeness (QED) is 0.340. The molecule has 0 aliphatic rings. The molecular formula is C24H28N4O4S. The Kier molecular flexibility index (Phi) is 8.88. The minimum atomic E-state index is -0.425. The van der Waals surface area contributed by atoms with Gasteiger partial charge in [0.1, 0.15) is 11.0 Å². The summed E-state index contributed by atoms with van der Waals surface area (Å²) in [6, 6.07) is 17.0. The van der Waals surface area contributed by atoms with Gasteiger partial charge in [0, 0.05) is 12.1 Å². The fourth-order valence-electron chi connectivity index (χ4n) is 3.12. The topological polar surface area (TPSA) is 95.3 Å². The van der Waals surface area contributed by atoms with Crippen LogP contribution in [0, 0.1) is 0 Å². The zero-order valence-electron chi connectivity index (χ0n) is 19.0. The summed E-state index contributed by atoms with van der Waals surface area (Å²) < 4.78 is 12.2. The number of carbonyl (C=O) groups is 2. The molecule has 9 heteroatoms. The van der Waals surface area contributed by atoms with E-state index in [1.807, 2.05) is 22.8 Å². The van der Waals surface area contributed by atoms with Gasteiger partial charge in [0.15, 0.2) is 11.0 Å². The summed E-state index contributed by atoms with van der Waals surface area (Å²) >= 11 is 1.30. The molecule has 3 rings (SSSR count). The van der Waals surface area contributed by atoms with E-state index in [4.69, 9.17) is 9.47 Å². The SMILES string of the molecule is CCOC(=O)C(C)Sc1nnc(CNC(=O)c2ccc(OC)cc2)n1CCc1ccccc1. The van der Waals surface area contributed by atoms with Gasteiger partial charge in [0.2, 0.25) is 0 Å². The normalized spacial score (nSPS) is 11.6. The molecule has 1 atom stereocenters. The molecule has 0 saturated heterocycles. The minimum Gasteiger partial charge on any atom is -0.497 e. The lowest BCUT2D eigenvalue weighted by Gasteiger charge is -2.13. The van der Waals surface area contributed by atoms with Crippen LogP contribution in [0.5, 0.6) is 5.75 Å². The van der Waals surface area contributed by atoms with Gasteiger partial charge in [-0.2, -0.15) is 0 Å². The molecule has 3 aromatic rings. The van der Waals surface area contributed by atoms with Gasteiger partial charge in [-0.1, -0.05) is 42.1 Å². The monoisotopic (exact) mass is 468 g/mol. The Hall–Kier alpha value is -3.33. The molecule has 1 N–H and O–H groups in total. The van der Waals surface area contributed by atoms with E-state index in [0.29, 0.717) is 35.4 Å². The lowest BCUT2D eigenvalue weighted by atomic mass is 10.1. The second kappa shape index (κ2) is 12.1. The number of hydrogen-bond acceptors (Lipinski definition) is 7. The first-order chi connectivity index (χ1) is 16.0. The summed E-state index contributed by atoms with van der Waals surface area (Å²) in [5.74, 6) is 0.787. The Morgan fingerprint density at radius 3 is 2.48 bits per heavy atom. The number of nitrogens with zero attached hydrogens (tertiary/aromatic N) is 3. The first-order valence-electron chi connectivity index (χ1n) is 10.7. The molecule has 0 spiro atoms. The number of ether oxygens (including phenoxy) is 2. The summed E-state index contributed by atoms with van der Waals surface area (Å²) in [6.07, 6.45) is 0.764. The highest BCUT2D eigenvalue weighted by atomic mass is 32.2. The first kappa shape index (κ1) is 24.3. The molecule has 1 heterocycles. The average molecular weight is 469 g/mol. The maximum Gasteiger partial charge on any atom is 0.319 e. The van der Waals surface area contributed by atoms with E-state index >= 15 is 0 Å². The number of aromatic nitrogens is 3. The predicted octanol–water partition coefficient (Wildman–Crippen LogP) is 3.50. The molecule has 0 bridgehead atoms. The predicted molar refractivity (Wildman–Crippen MR) is 126 cm³/mol. The van der Waals surface area contributed by atoms with E-state index in [1.165, 1.54) is 17.3 Å². The second-order valence-electron chi connectivity index (χ2n) is 7.21. The van der Waals surface area contributed by atoms with Gasteiger partial charge in [0.25, 0.3) is 5.91 Å². The highest BCUT2D eigenvalue weighted by Crippen LogP contribution is 2.24. The van der Waals surface area contributed by atoms with Gasteiger partial charge in [0.05, 0.1) is 20.3 Å². The van der Waals surface area contributed by atoms with Crippen molar-refractivity contribution in [3.8, 4) is 5.75 Å². The maximum atomic E-state index is 12.6. The first-order valence-corrected chi connectivity index (χ1v) is 11.6. The number of esters is 1. The number of aryl methyl sites for hydroxylation is 1. The van der Waals surface area contributed by atoms with E-state index in [-0.39, 0.29) is 18.4 Å². The lowest BCUT2D eigenvalue weighted by Crippen LogP contribution is -2.25. The molecule has 0 fully saturated rings. The van der Waals surface area contributed by atoms with Crippen LogP contribution in [0.3, 0.4) is 0 Å². The molecule has 0 saturated carbocycles. The van der Waals surface area contributed by atoms with Crippen LogP contribution in [0.2, 0.25) is 0 Å². The average Bonchev–Trinajstić information content (AvgIpc) is 3.23. The van der Waals surface area contributed by atoms with Gasteiger partial charge in [-0.05, 0) is 50.1 Å². The Labute approximate surface area is 197 Å². The molecule has 0 aliphatic heterocycles. The van der Waals surface area contributed by atoms with E-state index in [1.54, 1.807) is 45.2 Å². The number of carbonyl (C=O) groups excluding carboxylic acids is 2. The van der Waals surface area contributed by atoms with Crippen molar-refractivity contribution < 1.29 is 19.1 Å². The highest BCUT2D eigenvalue weighted by Gasteiger charge is 2.21. The second-order valence-corrected chi connectivity index (χ2v) is 8.52. The van der Waals surface area contributed by atoms with Gasteiger partial charge >= 0.3 is 5.97 Å². The van der Waals surface area contributed by atoms with E-state index in [9.17, 15) is 9.59 Å². The molecule has 8 nitrogen and oxygen atoms in total. The zero-order chi connectivity index (χ0) is 23.6. The van der Waals surface area contributed by atoms with Crippen molar-refractivity contribution in [2.75, 3.05) is 13.7 Å². The van der Waals surface area contributed by atoms with Gasteiger partial charge in [-0.15, -0.1) is 10.2 Å². The zero-order valence-corrected chi connectivity index (χ0v) is 19.8. The van der Waals surface area contributed by atoms with Crippen LogP contribution >= 0.6 is 11.8 Å². The molecule has 1 unspecified atom stereocenters.